The van der Waals surface area contributed by atoms with Crippen LogP contribution < -0.4 is 0 Å². The molecule has 0 aliphatic heterocycles. The van der Waals surface area contributed by atoms with Gasteiger partial charge in [-0.2, -0.15) is 11.3 Å². The molecule has 0 aliphatic rings. The Balaban J connectivity index is 1.85. The van der Waals surface area contributed by atoms with E-state index in [1.165, 1.54) is 11.8 Å². The maximum absolute atomic E-state index is 5.99. The number of imidazole rings is 1. The first-order valence-electron chi connectivity index (χ1n) is 6.73. The summed E-state index contributed by atoms with van der Waals surface area (Å²) in [7, 11) is 0. The van der Waals surface area contributed by atoms with Crippen molar-refractivity contribution in [2.24, 2.45) is 0 Å². The lowest BCUT2D eigenvalue weighted by Gasteiger charge is -2.07. The van der Waals surface area contributed by atoms with Crippen molar-refractivity contribution in [3.05, 3.63) is 63.0 Å². The minimum atomic E-state index is 0.212. The summed E-state index contributed by atoms with van der Waals surface area (Å²) in [5.74, 6) is 0.432. The van der Waals surface area contributed by atoms with E-state index in [9.17, 15) is 0 Å². The summed E-state index contributed by atoms with van der Waals surface area (Å²) >= 11 is 13.5. The van der Waals surface area contributed by atoms with E-state index < -0.39 is 0 Å². The first kappa shape index (κ1) is 14.6. The van der Waals surface area contributed by atoms with Gasteiger partial charge in [0.2, 0.25) is 0 Å². The number of fused-ring (bicyclic) bond motifs is 1. The Kier molecular flexibility index (Phi) is 3.72. The Morgan fingerprint density at radius 2 is 2.09 bits per heavy atom. The summed E-state index contributed by atoms with van der Waals surface area (Å²) in [6, 6.07) is 2.08. The maximum Gasteiger partial charge on any atom is 0.181 e. The molecule has 0 radical (unpaired) electrons. The van der Waals surface area contributed by atoms with Gasteiger partial charge in [-0.25, -0.2) is 19.9 Å². The van der Waals surface area contributed by atoms with Crippen molar-refractivity contribution in [2.45, 2.75) is 6.42 Å². The average molecular weight is 362 g/mol. The fourth-order valence-electron chi connectivity index (χ4n) is 2.28. The van der Waals surface area contributed by atoms with Gasteiger partial charge in [-0.15, -0.1) is 0 Å². The van der Waals surface area contributed by atoms with Crippen LogP contribution in [0.15, 0.2) is 41.6 Å². The molecule has 0 unspecified atom stereocenters. The zero-order valence-corrected chi connectivity index (χ0v) is 14.0. The molecule has 4 rings (SSSR count). The van der Waals surface area contributed by atoms with E-state index in [0.717, 1.165) is 11.3 Å². The quantitative estimate of drug-likeness (QED) is 0.514. The van der Waals surface area contributed by atoms with Crippen LogP contribution in [0.25, 0.3) is 17.2 Å². The van der Waals surface area contributed by atoms with E-state index in [2.05, 4.69) is 31.4 Å². The molecular formula is C15H9Cl2N5S. The first-order chi connectivity index (χ1) is 11.2. The molecule has 0 amide bonds. The van der Waals surface area contributed by atoms with Gasteiger partial charge in [0.25, 0.3) is 0 Å². The number of hydrogen-bond donors (Lipinski definition) is 0. The lowest BCUT2D eigenvalue weighted by atomic mass is 10.2. The maximum atomic E-state index is 5.99. The molecule has 4 aromatic rings. The third-order valence-corrected chi connectivity index (χ3v) is 4.72. The Labute approximate surface area is 145 Å². The van der Waals surface area contributed by atoms with Gasteiger partial charge < -0.3 is 4.40 Å². The highest BCUT2D eigenvalue weighted by Crippen LogP contribution is 2.23. The van der Waals surface area contributed by atoms with Gasteiger partial charge in [-0.1, -0.05) is 23.2 Å². The molecule has 0 aliphatic carbocycles. The van der Waals surface area contributed by atoms with E-state index in [0.29, 0.717) is 23.0 Å². The molecule has 8 heteroatoms. The molecule has 0 spiro atoms. The van der Waals surface area contributed by atoms with Crippen LogP contribution in [-0.2, 0) is 6.42 Å². The summed E-state index contributed by atoms with van der Waals surface area (Å²) in [6.45, 7) is 0. The van der Waals surface area contributed by atoms with Crippen LogP contribution in [0, 0.1) is 0 Å². The number of nitrogens with zero attached hydrogens (tertiary/aromatic N) is 5. The minimum Gasteiger partial charge on any atom is -0.303 e. The molecule has 4 aromatic heterocycles. The third-order valence-electron chi connectivity index (χ3n) is 3.33. The Bertz CT molecular complexity index is 981. The highest BCUT2D eigenvalue weighted by molar-refractivity contribution is 7.07. The van der Waals surface area contributed by atoms with E-state index in [4.69, 9.17) is 23.2 Å². The average Bonchev–Trinajstić information content (AvgIpc) is 3.21. The molecule has 0 aromatic carbocycles. The molecule has 0 fully saturated rings. The molecule has 5 nitrogen and oxygen atoms in total. The Morgan fingerprint density at radius 3 is 2.87 bits per heavy atom. The summed E-state index contributed by atoms with van der Waals surface area (Å²) in [5, 5.41) is 4.68. The van der Waals surface area contributed by atoms with Crippen LogP contribution in [0.1, 0.15) is 11.3 Å². The van der Waals surface area contributed by atoms with Crippen LogP contribution >= 0.6 is 34.5 Å². The molecule has 0 atom stereocenters. The topological polar surface area (TPSA) is 56.0 Å². The monoisotopic (exact) mass is 361 g/mol. The summed E-state index contributed by atoms with van der Waals surface area (Å²) in [4.78, 5) is 17.5. The second-order valence-corrected chi connectivity index (χ2v) is 6.42. The number of halogens is 2. The van der Waals surface area contributed by atoms with Gasteiger partial charge in [0.05, 0.1) is 16.9 Å². The summed E-state index contributed by atoms with van der Waals surface area (Å²) in [5.41, 5.74) is 3.50. The summed E-state index contributed by atoms with van der Waals surface area (Å²) < 4.78 is 1.91. The van der Waals surface area contributed by atoms with E-state index in [1.54, 1.807) is 17.5 Å². The van der Waals surface area contributed by atoms with Gasteiger partial charge in [0.1, 0.15) is 5.69 Å². The normalized spacial score (nSPS) is 11.2. The van der Waals surface area contributed by atoms with E-state index in [1.807, 2.05) is 22.2 Å². The van der Waals surface area contributed by atoms with Crippen molar-refractivity contribution in [2.75, 3.05) is 0 Å². The Morgan fingerprint density at radius 1 is 1.17 bits per heavy atom. The first-order valence-corrected chi connectivity index (χ1v) is 8.42. The molecule has 0 N–H and O–H groups in total. The van der Waals surface area contributed by atoms with Gasteiger partial charge in [0, 0.05) is 25.0 Å². The zero-order valence-electron chi connectivity index (χ0n) is 11.6. The minimum absolute atomic E-state index is 0.212. The second kappa shape index (κ2) is 5.88. The molecule has 0 bridgehead atoms. The zero-order chi connectivity index (χ0) is 15.8. The van der Waals surface area contributed by atoms with Crippen molar-refractivity contribution in [3.8, 4) is 11.5 Å². The lowest BCUT2D eigenvalue weighted by Crippen LogP contribution is -2.02. The molecule has 23 heavy (non-hydrogen) atoms. The smallest absolute Gasteiger partial charge is 0.181 e. The molecule has 0 saturated heterocycles. The lowest BCUT2D eigenvalue weighted by molar-refractivity contribution is 1.01. The molecular weight excluding hydrogens is 353 g/mol. The fraction of sp³-hybridized carbons (Fsp3) is 0.0667. The van der Waals surface area contributed by atoms with E-state index in [-0.39, 0.29) is 5.15 Å². The van der Waals surface area contributed by atoms with Crippen LogP contribution in [-0.4, -0.2) is 24.3 Å². The van der Waals surface area contributed by atoms with Gasteiger partial charge in [-0.05, 0) is 22.4 Å². The number of aromatic nitrogens is 5. The summed E-state index contributed by atoms with van der Waals surface area (Å²) in [6.07, 6.45) is 7.62. The number of thiophene rings is 1. The number of rotatable bonds is 3. The highest BCUT2D eigenvalue weighted by Gasteiger charge is 2.13. The van der Waals surface area contributed by atoms with Gasteiger partial charge in [-0.3, -0.25) is 0 Å². The van der Waals surface area contributed by atoms with Crippen LogP contribution in [0.2, 0.25) is 10.2 Å². The van der Waals surface area contributed by atoms with Crippen LogP contribution in [0.5, 0.6) is 0 Å². The second-order valence-electron chi connectivity index (χ2n) is 4.87. The van der Waals surface area contributed by atoms with Crippen molar-refractivity contribution < 1.29 is 0 Å². The molecule has 4 heterocycles. The van der Waals surface area contributed by atoms with Gasteiger partial charge in [0.15, 0.2) is 16.6 Å². The van der Waals surface area contributed by atoms with Gasteiger partial charge >= 0.3 is 0 Å². The van der Waals surface area contributed by atoms with Crippen molar-refractivity contribution >= 4 is 40.2 Å². The number of hydrogen-bond acceptors (Lipinski definition) is 5. The van der Waals surface area contributed by atoms with Crippen molar-refractivity contribution in [1.29, 1.82) is 0 Å². The predicted molar refractivity (Wildman–Crippen MR) is 91.2 cm³/mol. The standard InChI is InChI=1S/C15H9Cl2N5S/c16-10-6-19-14(21-13(10)17)12-7-22-3-2-18-15(22)11(20-12)5-9-1-4-23-8-9/h1-4,6-8H,5H2. The third kappa shape index (κ3) is 2.81. The highest BCUT2D eigenvalue weighted by atomic mass is 35.5. The van der Waals surface area contributed by atoms with Crippen LogP contribution in [0.3, 0.4) is 0 Å². The molecule has 0 saturated carbocycles. The predicted octanol–water partition coefficient (Wildman–Crippen LogP) is 4.15. The van der Waals surface area contributed by atoms with E-state index >= 15 is 0 Å². The largest absolute Gasteiger partial charge is 0.303 e. The SMILES string of the molecule is Clc1cnc(-c2cn3ccnc3c(Cc3ccsc3)n2)nc1Cl. The van der Waals surface area contributed by atoms with Crippen molar-refractivity contribution in [3.63, 3.8) is 0 Å². The van der Waals surface area contributed by atoms with Crippen LogP contribution in [0.4, 0.5) is 0 Å². The fourth-order valence-corrected chi connectivity index (χ4v) is 3.17. The Hall–Kier alpha value is -2.02. The van der Waals surface area contributed by atoms with Crippen molar-refractivity contribution in [1.82, 2.24) is 24.3 Å². The molecule has 114 valence electrons.